The van der Waals surface area contributed by atoms with E-state index >= 15 is 0 Å². The number of aryl methyl sites for hydroxylation is 1. The van der Waals surface area contributed by atoms with Gasteiger partial charge in [0.1, 0.15) is 18.0 Å². The molecular formula is C21H20FN5. The fourth-order valence-corrected chi connectivity index (χ4v) is 4.28. The third-order valence-electron chi connectivity index (χ3n) is 5.49. The number of hydrogen-bond acceptors (Lipinski definition) is 4. The van der Waals surface area contributed by atoms with Gasteiger partial charge in [0.05, 0.1) is 12.0 Å². The molecule has 2 aliphatic rings. The van der Waals surface area contributed by atoms with Gasteiger partial charge in [-0.1, -0.05) is 24.3 Å². The zero-order valence-corrected chi connectivity index (χ0v) is 15.0. The Morgan fingerprint density at radius 3 is 2.78 bits per heavy atom. The van der Waals surface area contributed by atoms with Gasteiger partial charge in [-0.05, 0) is 41.0 Å². The number of benzene rings is 2. The first-order chi connectivity index (χ1) is 13.2. The van der Waals surface area contributed by atoms with Gasteiger partial charge in [-0.25, -0.2) is 9.37 Å². The van der Waals surface area contributed by atoms with E-state index in [2.05, 4.69) is 45.1 Å². The average molecular weight is 361 g/mol. The molecule has 2 unspecified atom stereocenters. The molecule has 5 nitrogen and oxygen atoms in total. The Bertz CT molecular complexity index is 1120. The highest BCUT2D eigenvalue weighted by Crippen LogP contribution is 2.42. The molecule has 2 N–H and O–H groups in total. The maximum Gasteiger partial charge on any atom is 0.138 e. The van der Waals surface area contributed by atoms with Crippen molar-refractivity contribution in [3.05, 3.63) is 76.4 Å². The molecule has 2 aliphatic heterocycles. The molecule has 1 aromatic heterocycles. The normalized spacial score (nSPS) is 20.7. The maximum absolute atomic E-state index is 13.5. The fraction of sp³-hybridized carbons (Fsp3) is 0.238. The van der Waals surface area contributed by atoms with Crippen molar-refractivity contribution >= 4 is 17.5 Å². The zero-order valence-electron chi connectivity index (χ0n) is 15.0. The van der Waals surface area contributed by atoms with Crippen LogP contribution in [0, 0.1) is 5.82 Å². The van der Waals surface area contributed by atoms with E-state index in [0.717, 1.165) is 30.0 Å². The van der Waals surface area contributed by atoms with Crippen molar-refractivity contribution in [2.24, 2.45) is 7.05 Å². The molecule has 0 fully saturated rings. The largest absolute Gasteiger partial charge is 0.390 e. The van der Waals surface area contributed by atoms with Crippen LogP contribution >= 0.6 is 0 Å². The van der Waals surface area contributed by atoms with Crippen LogP contribution < -0.4 is 21.1 Å². The van der Waals surface area contributed by atoms with Crippen molar-refractivity contribution in [1.82, 2.24) is 20.1 Å². The fourth-order valence-electron chi connectivity index (χ4n) is 4.28. The summed E-state index contributed by atoms with van der Waals surface area (Å²) in [5.41, 5.74) is 3.48. The van der Waals surface area contributed by atoms with Crippen LogP contribution in [0.15, 0.2) is 48.8 Å². The van der Waals surface area contributed by atoms with E-state index in [1.165, 1.54) is 28.1 Å². The number of rotatable bonds is 2. The highest BCUT2D eigenvalue weighted by Gasteiger charge is 2.35. The number of nitrogens with one attached hydrogen (secondary N) is 2. The predicted octanol–water partition coefficient (Wildman–Crippen LogP) is 1.79. The molecule has 0 bridgehead atoms. The number of aromatic nitrogens is 3. The van der Waals surface area contributed by atoms with Gasteiger partial charge in [0.15, 0.2) is 0 Å². The second kappa shape index (κ2) is 6.23. The second-order valence-electron chi connectivity index (χ2n) is 7.04. The molecule has 27 heavy (non-hydrogen) atoms. The Hall–Kier alpha value is -3.15. The summed E-state index contributed by atoms with van der Waals surface area (Å²) in [7, 11) is 1.92. The van der Waals surface area contributed by atoms with Gasteiger partial charge >= 0.3 is 0 Å². The predicted molar refractivity (Wildman–Crippen MR) is 103 cm³/mol. The van der Waals surface area contributed by atoms with E-state index in [0.29, 0.717) is 0 Å². The topological polar surface area (TPSA) is 54.8 Å². The van der Waals surface area contributed by atoms with Crippen LogP contribution in [-0.2, 0) is 7.05 Å². The Morgan fingerprint density at radius 1 is 1.15 bits per heavy atom. The Labute approximate surface area is 156 Å². The number of nitrogens with zero attached hydrogens (tertiary/aromatic N) is 3. The highest BCUT2D eigenvalue weighted by molar-refractivity contribution is 5.69. The summed E-state index contributed by atoms with van der Waals surface area (Å²) in [6.45, 7) is 0.869. The van der Waals surface area contributed by atoms with Gasteiger partial charge in [0, 0.05) is 30.7 Å². The van der Waals surface area contributed by atoms with Crippen LogP contribution in [0.2, 0.25) is 0 Å². The van der Waals surface area contributed by atoms with Crippen molar-refractivity contribution in [1.29, 1.82) is 0 Å². The first-order valence-electron chi connectivity index (χ1n) is 9.14. The van der Waals surface area contributed by atoms with Crippen LogP contribution in [-0.4, -0.2) is 21.3 Å². The summed E-state index contributed by atoms with van der Waals surface area (Å²) in [5, 5.41) is 13.8. The van der Waals surface area contributed by atoms with E-state index in [4.69, 9.17) is 0 Å². The molecule has 5 rings (SSSR count). The smallest absolute Gasteiger partial charge is 0.138 e. The maximum atomic E-state index is 13.5. The molecule has 3 aromatic rings. The zero-order chi connectivity index (χ0) is 18.4. The minimum Gasteiger partial charge on any atom is -0.390 e. The molecule has 2 aromatic carbocycles. The summed E-state index contributed by atoms with van der Waals surface area (Å²) in [4.78, 5) is 4.57. The molecular weight excluding hydrogens is 341 g/mol. The van der Waals surface area contributed by atoms with Crippen LogP contribution in [0.1, 0.15) is 29.8 Å². The van der Waals surface area contributed by atoms with Gasteiger partial charge in [-0.15, -0.1) is 0 Å². The number of anilines is 1. The summed E-state index contributed by atoms with van der Waals surface area (Å²) >= 11 is 0. The lowest BCUT2D eigenvalue weighted by Gasteiger charge is -2.35. The lowest BCUT2D eigenvalue weighted by molar-refractivity contribution is 0.585. The van der Waals surface area contributed by atoms with E-state index in [-0.39, 0.29) is 17.8 Å². The molecule has 6 heteroatoms. The van der Waals surface area contributed by atoms with Crippen molar-refractivity contribution < 1.29 is 4.39 Å². The summed E-state index contributed by atoms with van der Waals surface area (Å²) < 4.78 is 15.4. The molecule has 0 saturated heterocycles. The lowest BCUT2D eigenvalue weighted by Crippen LogP contribution is -2.39. The quantitative estimate of drug-likeness (QED) is 0.731. The van der Waals surface area contributed by atoms with Gasteiger partial charge in [-0.3, -0.25) is 4.68 Å². The summed E-state index contributed by atoms with van der Waals surface area (Å²) in [6, 6.07) is 13.0. The first kappa shape index (κ1) is 16.1. The van der Waals surface area contributed by atoms with Crippen LogP contribution in [0.3, 0.4) is 0 Å². The third-order valence-corrected chi connectivity index (χ3v) is 5.49. The molecule has 3 heterocycles. The van der Waals surface area contributed by atoms with Gasteiger partial charge in [0.25, 0.3) is 0 Å². The van der Waals surface area contributed by atoms with E-state index in [1.54, 1.807) is 6.33 Å². The molecule has 136 valence electrons. The Kier molecular flexibility index (Phi) is 3.70. The van der Waals surface area contributed by atoms with E-state index in [9.17, 15) is 4.39 Å². The van der Waals surface area contributed by atoms with Crippen LogP contribution in [0.5, 0.6) is 0 Å². The highest BCUT2D eigenvalue weighted by atomic mass is 19.1. The molecule has 2 atom stereocenters. The van der Waals surface area contributed by atoms with Gasteiger partial charge in [-0.2, -0.15) is 5.10 Å². The standard InChI is InChI=1S/C21H20FN5/c1-27-21(24-12-25-27)19-16-9-10-23-11-14-3-2-4-17(18(14)16)26-20(19)13-5-7-15(22)8-6-13/h2-8,11-12,19-20,23,26H,9-10H2,1H3. The van der Waals surface area contributed by atoms with Crippen molar-refractivity contribution in [3.63, 3.8) is 0 Å². The monoisotopic (exact) mass is 361 g/mol. The van der Waals surface area contributed by atoms with Crippen LogP contribution in [0.25, 0.3) is 11.8 Å². The SMILES string of the molecule is Cn1ncnc1C1C2=c3c(cccc3=CNCC2)NC1c1ccc(F)cc1. The number of hydrogen-bond donors (Lipinski definition) is 2. The Morgan fingerprint density at radius 2 is 2.00 bits per heavy atom. The van der Waals surface area contributed by atoms with Crippen molar-refractivity contribution in [2.45, 2.75) is 18.4 Å². The van der Waals surface area contributed by atoms with Gasteiger partial charge in [0.2, 0.25) is 0 Å². The molecule has 0 amide bonds. The van der Waals surface area contributed by atoms with E-state index in [1.807, 2.05) is 23.9 Å². The minimum absolute atomic E-state index is 0.0184. The summed E-state index contributed by atoms with van der Waals surface area (Å²) in [6.07, 6.45) is 4.59. The minimum atomic E-state index is -0.228. The second-order valence-corrected chi connectivity index (χ2v) is 7.04. The number of halogens is 1. The first-order valence-corrected chi connectivity index (χ1v) is 9.14. The molecule has 0 radical (unpaired) electrons. The van der Waals surface area contributed by atoms with Crippen LogP contribution in [0.4, 0.5) is 10.1 Å². The molecule has 0 aliphatic carbocycles. The lowest BCUT2D eigenvalue weighted by atomic mass is 9.80. The van der Waals surface area contributed by atoms with Crippen molar-refractivity contribution in [2.75, 3.05) is 11.9 Å². The van der Waals surface area contributed by atoms with E-state index < -0.39 is 0 Å². The third kappa shape index (κ3) is 2.60. The molecule has 0 saturated carbocycles. The summed E-state index contributed by atoms with van der Waals surface area (Å²) in [5.74, 6) is 0.701. The van der Waals surface area contributed by atoms with Crippen molar-refractivity contribution in [3.8, 4) is 0 Å². The molecule has 0 spiro atoms. The Balaban J connectivity index is 1.79. The average Bonchev–Trinajstić information content (AvgIpc) is 2.98. The van der Waals surface area contributed by atoms with Gasteiger partial charge < -0.3 is 10.6 Å².